The molecule has 0 amide bonds. The molecule has 0 saturated heterocycles. The Balaban J connectivity index is 0.000000340. The standard InChI is InChI=1S/C15H16O2.C13H29O3P/c1-15(2,11-3-7-13(16)8-4-11)12-5-9-14(17)10-6-12;1-2-3-4-5-6-7-8-9-10-11-12-13-16-17(14)15/h3-10,16-17H,1-2H3;14-15H,2-13H2,1H3. The molecule has 0 unspecified atom stereocenters. The minimum atomic E-state index is -2.14. The molecule has 0 atom stereocenters. The Labute approximate surface area is 207 Å². The minimum absolute atomic E-state index is 0.151. The highest BCUT2D eigenvalue weighted by atomic mass is 31.2. The Bertz CT molecular complexity index is 697. The van der Waals surface area contributed by atoms with E-state index in [1.807, 2.05) is 24.3 Å². The van der Waals surface area contributed by atoms with E-state index in [2.05, 4.69) is 20.8 Å². The van der Waals surface area contributed by atoms with Gasteiger partial charge >= 0.3 is 8.60 Å². The lowest BCUT2D eigenvalue weighted by molar-refractivity contribution is 0.248. The van der Waals surface area contributed by atoms with Gasteiger partial charge in [-0.15, -0.1) is 0 Å². The first kappa shape index (κ1) is 30.4. The number of unbranched alkanes of at least 4 members (excludes halogenated alkanes) is 10. The molecule has 34 heavy (non-hydrogen) atoms. The highest BCUT2D eigenvalue weighted by Crippen LogP contribution is 2.33. The van der Waals surface area contributed by atoms with E-state index in [1.54, 1.807) is 24.3 Å². The molecule has 0 aliphatic carbocycles. The third kappa shape index (κ3) is 13.3. The van der Waals surface area contributed by atoms with E-state index in [-0.39, 0.29) is 16.9 Å². The van der Waals surface area contributed by atoms with Crippen molar-refractivity contribution < 1.29 is 24.5 Å². The average molecular weight is 493 g/mol. The van der Waals surface area contributed by atoms with Crippen LogP contribution in [0.25, 0.3) is 0 Å². The van der Waals surface area contributed by atoms with Gasteiger partial charge in [-0.05, 0) is 41.8 Å². The van der Waals surface area contributed by atoms with Crippen LogP contribution in [0.15, 0.2) is 48.5 Å². The van der Waals surface area contributed by atoms with Crippen molar-refractivity contribution in [3.05, 3.63) is 59.7 Å². The van der Waals surface area contributed by atoms with Gasteiger partial charge < -0.3 is 24.5 Å². The number of phenolic OH excluding ortho intramolecular Hbond substituents is 2. The molecule has 2 aromatic rings. The predicted molar refractivity (Wildman–Crippen MR) is 142 cm³/mol. The van der Waals surface area contributed by atoms with E-state index >= 15 is 0 Å². The van der Waals surface area contributed by atoms with Crippen LogP contribution < -0.4 is 0 Å². The van der Waals surface area contributed by atoms with E-state index in [0.29, 0.717) is 6.61 Å². The summed E-state index contributed by atoms with van der Waals surface area (Å²) in [5.41, 5.74) is 2.10. The maximum atomic E-state index is 9.30. The number of phenols is 2. The largest absolute Gasteiger partial charge is 0.508 e. The summed E-state index contributed by atoms with van der Waals surface area (Å²) in [4.78, 5) is 17.0. The van der Waals surface area contributed by atoms with Crippen LogP contribution in [0.1, 0.15) is 103 Å². The SMILES string of the molecule is CC(C)(c1ccc(O)cc1)c1ccc(O)cc1.CCCCCCCCCCCCCOP(O)O. The van der Waals surface area contributed by atoms with Gasteiger partial charge in [0.15, 0.2) is 0 Å². The molecule has 0 aliphatic heterocycles. The first-order valence-electron chi connectivity index (χ1n) is 12.7. The second-order valence-electron chi connectivity index (χ2n) is 9.34. The summed E-state index contributed by atoms with van der Waals surface area (Å²) in [6.07, 6.45) is 14.3. The van der Waals surface area contributed by atoms with Crippen LogP contribution in [0.4, 0.5) is 0 Å². The van der Waals surface area contributed by atoms with Crippen LogP contribution >= 0.6 is 8.60 Å². The maximum absolute atomic E-state index is 9.30. The fourth-order valence-corrected chi connectivity index (χ4v) is 4.13. The molecule has 6 heteroatoms. The molecule has 4 N–H and O–H groups in total. The number of rotatable bonds is 15. The van der Waals surface area contributed by atoms with Crippen molar-refractivity contribution in [2.75, 3.05) is 6.61 Å². The Morgan fingerprint density at radius 1 is 0.618 bits per heavy atom. The number of hydrogen-bond acceptors (Lipinski definition) is 5. The lowest BCUT2D eigenvalue weighted by atomic mass is 9.78. The first-order chi connectivity index (χ1) is 16.3. The highest BCUT2D eigenvalue weighted by molar-refractivity contribution is 7.39. The Kier molecular flexibility index (Phi) is 15.8. The summed E-state index contributed by atoms with van der Waals surface area (Å²) >= 11 is 0. The molecule has 0 radical (unpaired) electrons. The van der Waals surface area contributed by atoms with Crippen LogP contribution in [-0.2, 0) is 9.94 Å². The van der Waals surface area contributed by atoms with Crippen molar-refractivity contribution in [2.24, 2.45) is 0 Å². The molecular formula is C28H45O5P. The normalized spacial score (nSPS) is 11.4. The van der Waals surface area contributed by atoms with E-state index in [9.17, 15) is 10.2 Å². The van der Waals surface area contributed by atoms with Gasteiger partial charge in [0.1, 0.15) is 11.5 Å². The van der Waals surface area contributed by atoms with Gasteiger partial charge in [-0.25, -0.2) is 0 Å². The molecule has 192 valence electrons. The lowest BCUT2D eigenvalue weighted by Crippen LogP contribution is -2.18. The van der Waals surface area contributed by atoms with Gasteiger partial charge in [0.2, 0.25) is 0 Å². The summed E-state index contributed by atoms with van der Waals surface area (Å²) in [6, 6.07) is 14.4. The summed E-state index contributed by atoms with van der Waals surface area (Å²) in [5.74, 6) is 0.547. The zero-order valence-corrected chi connectivity index (χ0v) is 22.1. The molecule has 5 nitrogen and oxygen atoms in total. The van der Waals surface area contributed by atoms with Gasteiger partial charge in [0.05, 0.1) is 6.61 Å². The van der Waals surface area contributed by atoms with Crippen LogP contribution in [-0.4, -0.2) is 26.6 Å². The van der Waals surface area contributed by atoms with Crippen LogP contribution in [0, 0.1) is 0 Å². The zero-order valence-electron chi connectivity index (χ0n) is 21.2. The first-order valence-corrected chi connectivity index (χ1v) is 13.8. The summed E-state index contributed by atoms with van der Waals surface area (Å²) in [5, 5.41) is 18.6. The fraction of sp³-hybridized carbons (Fsp3) is 0.571. The number of benzene rings is 2. The van der Waals surface area contributed by atoms with Gasteiger partial charge in [0, 0.05) is 5.41 Å². The highest BCUT2D eigenvalue weighted by Gasteiger charge is 2.22. The van der Waals surface area contributed by atoms with Crippen molar-refractivity contribution in [3.8, 4) is 11.5 Å². The molecule has 0 aliphatic rings. The molecule has 0 saturated carbocycles. The lowest BCUT2D eigenvalue weighted by Gasteiger charge is -2.26. The van der Waals surface area contributed by atoms with E-state index in [1.165, 1.54) is 57.8 Å². The molecule has 0 spiro atoms. The van der Waals surface area contributed by atoms with E-state index < -0.39 is 8.60 Å². The van der Waals surface area contributed by atoms with Crippen molar-refractivity contribution in [2.45, 2.75) is 96.8 Å². The van der Waals surface area contributed by atoms with Crippen molar-refractivity contribution in [1.29, 1.82) is 0 Å². The maximum Gasteiger partial charge on any atom is 0.327 e. The smallest absolute Gasteiger partial charge is 0.327 e. The van der Waals surface area contributed by atoms with E-state index in [4.69, 9.17) is 14.3 Å². The van der Waals surface area contributed by atoms with Gasteiger partial charge in [-0.2, -0.15) is 0 Å². The average Bonchev–Trinajstić information content (AvgIpc) is 2.80. The van der Waals surface area contributed by atoms with Crippen molar-refractivity contribution in [3.63, 3.8) is 0 Å². The topological polar surface area (TPSA) is 90.2 Å². The summed E-state index contributed by atoms with van der Waals surface area (Å²) < 4.78 is 4.70. The fourth-order valence-electron chi connectivity index (χ4n) is 3.84. The Hall–Kier alpha value is -1.65. The van der Waals surface area contributed by atoms with Crippen molar-refractivity contribution >= 4 is 8.60 Å². The minimum Gasteiger partial charge on any atom is -0.508 e. The monoisotopic (exact) mass is 492 g/mol. The van der Waals surface area contributed by atoms with Crippen LogP contribution in [0.3, 0.4) is 0 Å². The predicted octanol–water partition coefficient (Wildman–Crippen LogP) is 7.95. The molecule has 0 heterocycles. The molecule has 2 rings (SSSR count). The zero-order chi connectivity index (χ0) is 25.2. The van der Waals surface area contributed by atoms with Gasteiger partial charge in [-0.3, -0.25) is 0 Å². The quantitative estimate of drug-likeness (QED) is 0.150. The third-order valence-corrected chi connectivity index (χ3v) is 6.55. The Morgan fingerprint density at radius 3 is 1.32 bits per heavy atom. The molecule has 2 aromatic carbocycles. The van der Waals surface area contributed by atoms with Crippen LogP contribution in [0.2, 0.25) is 0 Å². The Morgan fingerprint density at radius 2 is 0.971 bits per heavy atom. The summed E-state index contributed by atoms with van der Waals surface area (Å²) in [6.45, 7) is 6.97. The van der Waals surface area contributed by atoms with Crippen LogP contribution in [0.5, 0.6) is 11.5 Å². The molecular weight excluding hydrogens is 447 g/mol. The van der Waals surface area contributed by atoms with E-state index in [0.717, 1.165) is 24.0 Å². The van der Waals surface area contributed by atoms with Gasteiger partial charge in [0.25, 0.3) is 0 Å². The number of aromatic hydroxyl groups is 2. The third-order valence-electron chi connectivity index (χ3n) is 6.13. The second-order valence-corrected chi connectivity index (χ2v) is 10.1. The molecule has 0 fully saturated rings. The van der Waals surface area contributed by atoms with Gasteiger partial charge in [-0.1, -0.05) is 109 Å². The summed E-state index contributed by atoms with van der Waals surface area (Å²) in [7, 11) is -2.14. The van der Waals surface area contributed by atoms with Crippen molar-refractivity contribution in [1.82, 2.24) is 0 Å². The molecule has 0 bridgehead atoms. The second kappa shape index (κ2) is 17.7. The molecule has 0 aromatic heterocycles. The number of hydrogen-bond donors (Lipinski definition) is 4.